The monoisotopic (exact) mass is 589 g/mol. The van der Waals surface area contributed by atoms with Gasteiger partial charge in [-0.25, -0.2) is 0 Å². The number of nitrogens with zero attached hydrogens (tertiary/aromatic N) is 2. The molecule has 0 aromatic heterocycles. The van der Waals surface area contributed by atoms with Gasteiger partial charge in [-0.2, -0.15) is 0 Å². The van der Waals surface area contributed by atoms with Crippen LogP contribution in [0.25, 0.3) is 0 Å². The summed E-state index contributed by atoms with van der Waals surface area (Å²) in [5.41, 5.74) is 0.730. The summed E-state index contributed by atoms with van der Waals surface area (Å²) in [5.74, 6) is -0.424. The van der Waals surface area contributed by atoms with Crippen LogP contribution in [0.1, 0.15) is 85.3 Å². The molecule has 8 atom stereocenters. The molecule has 2 rings (SSSR count). The largest absolute Gasteiger partial charge is 0.386 e. The molecule has 9 heteroatoms. The number of methoxy groups -OCH3 is 2. The molecule has 2 N–H and O–H groups in total. The van der Waals surface area contributed by atoms with Gasteiger partial charge in [-0.15, -0.1) is 0 Å². The van der Waals surface area contributed by atoms with E-state index in [9.17, 15) is 19.5 Å². The Labute approximate surface area is 253 Å². The number of carbonyl (C=O) groups excluding carboxylic acids is 3. The maximum Gasteiger partial charge on any atom is 0.225 e. The van der Waals surface area contributed by atoms with Crippen LogP contribution < -0.4 is 5.32 Å². The third-order valence-electron chi connectivity index (χ3n) is 8.87. The van der Waals surface area contributed by atoms with Crippen molar-refractivity contribution in [2.45, 2.75) is 110 Å². The lowest BCUT2D eigenvalue weighted by molar-refractivity contribution is -0.146. The van der Waals surface area contributed by atoms with Gasteiger partial charge in [-0.1, -0.05) is 71.4 Å². The van der Waals surface area contributed by atoms with E-state index in [0.717, 1.165) is 24.8 Å². The maximum atomic E-state index is 13.8. The number of aliphatic hydroxyl groups excluding tert-OH is 1. The number of rotatable bonds is 16. The average molecular weight is 590 g/mol. The Hall–Kier alpha value is -2.49. The minimum absolute atomic E-state index is 0.0507. The number of carbonyl (C=O) groups is 3. The molecular weight excluding hydrogens is 534 g/mol. The molecule has 1 aromatic rings. The smallest absolute Gasteiger partial charge is 0.225 e. The van der Waals surface area contributed by atoms with E-state index in [2.05, 4.69) is 19.2 Å². The fraction of sp³-hybridized carbons (Fsp3) is 0.727. The number of aliphatic hydroxyl groups is 1. The van der Waals surface area contributed by atoms with Crippen LogP contribution in [-0.2, 0) is 23.9 Å². The lowest BCUT2D eigenvalue weighted by Gasteiger charge is -2.39. The molecule has 7 unspecified atom stereocenters. The van der Waals surface area contributed by atoms with E-state index in [1.807, 2.05) is 56.1 Å². The highest BCUT2D eigenvalue weighted by Crippen LogP contribution is 2.30. The number of likely N-dealkylation sites (N-methyl/N-ethyl adjacent to an activating group) is 1. The van der Waals surface area contributed by atoms with Crippen molar-refractivity contribution in [2.24, 2.45) is 17.8 Å². The summed E-state index contributed by atoms with van der Waals surface area (Å²) < 4.78 is 11.8. The zero-order valence-corrected chi connectivity index (χ0v) is 27.2. The Morgan fingerprint density at radius 1 is 1.05 bits per heavy atom. The highest BCUT2D eigenvalue weighted by molar-refractivity contribution is 5.81. The molecular formula is C33H55N3O6. The Kier molecular flexibility index (Phi) is 14.4. The third kappa shape index (κ3) is 9.25. The van der Waals surface area contributed by atoms with Crippen molar-refractivity contribution in [3.8, 4) is 0 Å². The van der Waals surface area contributed by atoms with Gasteiger partial charge in [-0.3, -0.25) is 14.4 Å². The molecule has 1 heterocycles. The van der Waals surface area contributed by atoms with Crippen LogP contribution in [-0.4, -0.2) is 90.8 Å². The number of ether oxygens (including phenoxy) is 2. The summed E-state index contributed by atoms with van der Waals surface area (Å²) in [5, 5.41) is 13.7. The van der Waals surface area contributed by atoms with Gasteiger partial charge in [0.1, 0.15) is 0 Å². The van der Waals surface area contributed by atoms with Crippen LogP contribution in [0, 0.1) is 17.8 Å². The van der Waals surface area contributed by atoms with Crippen molar-refractivity contribution in [3.63, 3.8) is 0 Å². The molecule has 0 saturated carbocycles. The highest BCUT2D eigenvalue weighted by Gasteiger charge is 2.42. The van der Waals surface area contributed by atoms with Crippen molar-refractivity contribution in [1.82, 2.24) is 15.1 Å². The summed E-state index contributed by atoms with van der Waals surface area (Å²) in [6.45, 7) is 12.4. The quantitative estimate of drug-likeness (QED) is 0.299. The van der Waals surface area contributed by atoms with E-state index in [4.69, 9.17) is 9.47 Å². The fourth-order valence-electron chi connectivity index (χ4n) is 6.19. The molecule has 1 aliphatic rings. The van der Waals surface area contributed by atoms with Crippen LogP contribution in [0.2, 0.25) is 0 Å². The molecule has 1 saturated heterocycles. The van der Waals surface area contributed by atoms with Crippen molar-refractivity contribution in [1.29, 1.82) is 0 Å². The van der Waals surface area contributed by atoms with E-state index in [0.29, 0.717) is 13.0 Å². The molecule has 0 spiro atoms. The summed E-state index contributed by atoms with van der Waals surface area (Å²) in [7, 11) is 4.99. The first-order valence-electron chi connectivity index (χ1n) is 15.5. The van der Waals surface area contributed by atoms with E-state index in [1.54, 1.807) is 33.0 Å². The van der Waals surface area contributed by atoms with Crippen molar-refractivity contribution in [3.05, 3.63) is 35.9 Å². The SMILES string of the molecule is CCC(C)[C@H](C(CC(=O)N1CCCC1C(OC)C(C)C(=O)NC(C)C(O)c1ccccc1)OC)N(C)C(=O)CC(C)C. The van der Waals surface area contributed by atoms with E-state index >= 15 is 0 Å². The maximum absolute atomic E-state index is 13.8. The van der Waals surface area contributed by atoms with Crippen molar-refractivity contribution >= 4 is 17.7 Å². The van der Waals surface area contributed by atoms with Gasteiger partial charge in [-0.05, 0) is 37.2 Å². The predicted molar refractivity (Wildman–Crippen MR) is 165 cm³/mol. The summed E-state index contributed by atoms with van der Waals surface area (Å²) in [6, 6.07) is 8.22. The van der Waals surface area contributed by atoms with Crippen LogP contribution in [0.3, 0.4) is 0 Å². The number of benzene rings is 1. The fourth-order valence-corrected chi connectivity index (χ4v) is 6.19. The van der Waals surface area contributed by atoms with Crippen molar-refractivity contribution < 1.29 is 29.0 Å². The van der Waals surface area contributed by atoms with E-state index < -0.39 is 30.3 Å². The Morgan fingerprint density at radius 3 is 2.24 bits per heavy atom. The third-order valence-corrected chi connectivity index (χ3v) is 8.87. The van der Waals surface area contributed by atoms with Gasteiger partial charge in [0.2, 0.25) is 17.7 Å². The number of nitrogens with one attached hydrogen (secondary N) is 1. The second-order valence-corrected chi connectivity index (χ2v) is 12.4. The summed E-state index contributed by atoms with van der Waals surface area (Å²) >= 11 is 0. The Morgan fingerprint density at radius 2 is 1.69 bits per heavy atom. The first-order valence-corrected chi connectivity index (χ1v) is 15.5. The van der Waals surface area contributed by atoms with Gasteiger partial charge in [0.05, 0.1) is 48.8 Å². The zero-order valence-electron chi connectivity index (χ0n) is 27.2. The molecule has 0 bridgehead atoms. The second kappa shape index (κ2) is 17.0. The molecule has 3 amide bonds. The van der Waals surface area contributed by atoms with Gasteiger partial charge >= 0.3 is 0 Å². The van der Waals surface area contributed by atoms with Crippen LogP contribution in [0.5, 0.6) is 0 Å². The average Bonchev–Trinajstić information content (AvgIpc) is 3.46. The van der Waals surface area contributed by atoms with E-state index in [-0.39, 0.29) is 48.1 Å². The minimum atomic E-state index is -0.845. The molecule has 1 aliphatic heterocycles. The molecule has 0 radical (unpaired) electrons. The molecule has 42 heavy (non-hydrogen) atoms. The van der Waals surface area contributed by atoms with Gasteiger partial charge in [0, 0.05) is 34.2 Å². The summed E-state index contributed by atoms with van der Waals surface area (Å²) in [6.07, 6.45) is 1.15. The number of hydrogen-bond acceptors (Lipinski definition) is 6. The number of hydrogen-bond donors (Lipinski definition) is 2. The lowest BCUT2D eigenvalue weighted by Crippen LogP contribution is -2.53. The highest BCUT2D eigenvalue weighted by atomic mass is 16.5. The van der Waals surface area contributed by atoms with Crippen LogP contribution >= 0.6 is 0 Å². The summed E-state index contributed by atoms with van der Waals surface area (Å²) in [4.78, 5) is 43.7. The first kappa shape index (κ1) is 35.7. The second-order valence-electron chi connectivity index (χ2n) is 12.4. The molecule has 1 fully saturated rings. The van der Waals surface area contributed by atoms with Crippen LogP contribution in [0.15, 0.2) is 30.3 Å². The number of amides is 3. The first-order chi connectivity index (χ1) is 19.9. The normalized spacial score (nSPS) is 20.4. The van der Waals surface area contributed by atoms with Gasteiger partial charge in [0.15, 0.2) is 0 Å². The van der Waals surface area contributed by atoms with Crippen molar-refractivity contribution in [2.75, 3.05) is 27.8 Å². The number of likely N-dealkylation sites (tertiary alicyclic amines) is 1. The lowest BCUT2D eigenvalue weighted by atomic mass is 9.90. The van der Waals surface area contributed by atoms with Gasteiger partial charge in [0.25, 0.3) is 0 Å². The minimum Gasteiger partial charge on any atom is -0.386 e. The molecule has 0 aliphatic carbocycles. The molecule has 1 aromatic carbocycles. The Bertz CT molecular complexity index is 989. The topological polar surface area (TPSA) is 108 Å². The molecule has 9 nitrogen and oxygen atoms in total. The Balaban J connectivity index is 2.15. The van der Waals surface area contributed by atoms with E-state index in [1.165, 1.54) is 0 Å². The predicted octanol–water partition coefficient (Wildman–Crippen LogP) is 4.19. The van der Waals surface area contributed by atoms with Crippen LogP contribution in [0.4, 0.5) is 0 Å². The zero-order chi connectivity index (χ0) is 31.6. The standard InChI is InChI=1S/C33H55N3O6/c1-10-22(4)30(35(7)28(37)19-21(2)3)27(41-8)20-29(38)36-18-14-17-26(36)32(42-9)23(5)33(40)34-24(6)31(39)25-15-12-11-13-16-25/h11-13,15-16,21-24,26-27,30-32,39H,10,14,17-20H2,1-9H3,(H,34,40)/t22?,23?,24?,26?,27?,30-,31?,32?/m1/s1. The molecule has 238 valence electrons. The van der Waals surface area contributed by atoms with Gasteiger partial charge < -0.3 is 29.7 Å².